The fraction of sp³-hybridized carbons (Fsp3) is 0.0714. The van der Waals surface area contributed by atoms with E-state index in [1.54, 1.807) is 18.2 Å². The molecule has 0 heterocycles. The van der Waals surface area contributed by atoms with E-state index in [9.17, 15) is 9.18 Å². The van der Waals surface area contributed by atoms with Gasteiger partial charge in [-0.2, -0.15) is 0 Å². The standard InChI is InChI=1S/C14H10Br2FNO2/c1-20-13-5-3-9(16)7-12(13)18-14(19)10-6-8(15)2-4-11(10)17/h2-7H,1H3,(H,18,19). The Morgan fingerprint density at radius 3 is 2.50 bits per heavy atom. The number of carbonyl (C=O) groups is 1. The second-order valence-corrected chi connectivity index (χ2v) is 5.75. The number of hydrogen-bond donors (Lipinski definition) is 1. The maximum Gasteiger partial charge on any atom is 0.258 e. The van der Waals surface area contributed by atoms with Crippen molar-refractivity contribution in [3.63, 3.8) is 0 Å². The zero-order valence-corrected chi connectivity index (χ0v) is 13.6. The minimum atomic E-state index is -0.584. The highest BCUT2D eigenvalue weighted by atomic mass is 79.9. The number of nitrogens with one attached hydrogen (secondary N) is 1. The van der Waals surface area contributed by atoms with Crippen LogP contribution in [0, 0.1) is 5.82 Å². The van der Waals surface area contributed by atoms with Gasteiger partial charge in [0.1, 0.15) is 11.6 Å². The van der Waals surface area contributed by atoms with E-state index in [-0.39, 0.29) is 5.56 Å². The number of rotatable bonds is 3. The Kier molecular flexibility index (Phi) is 4.77. The number of halogens is 3. The molecule has 1 amide bonds. The number of carbonyl (C=O) groups excluding carboxylic acids is 1. The van der Waals surface area contributed by atoms with E-state index in [2.05, 4.69) is 37.2 Å². The zero-order valence-electron chi connectivity index (χ0n) is 10.4. The molecule has 0 aliphatic heterocycles. The van der Waals surface area contributed by atoms with Crippen LogP contribution in [0.2, 0.25) is 0 Å². The second-order valence-electron chi connectivity index (χ2n) is 3.92. The van der Waals surface area contributed by atoms with E-state index < -0.39 is 11.7 Å². The van der Waals surface area contributed by atoms with Crippen molar-refractivity contribution in [1.29, 1.82) is 0 Å². The molecule has 0 aliphatic rings. The van der Waals surface area contributed by atoms with E-state index in [1.165, 1.54) is 25.3 Å². The average Bonchev–Trinajstić information content (AvgIpc) is 2.41. The van der Waals surface area contributed by atoms with Gasteiger partial charge in [0, 0.05) is 8.95 Å². The lowest BCUT2D eigenvalue weighted by atomic mass is 10.2. The molecule has 0 unspecified atom stereocenters. The molecule has 20 heavy (non-hydrogen) atoms. The number of hydrogen-bond acceptors (Lipinski definition) is 2. The summed E-state index contributed by atoms with van der Waals surface area (Å²) in [6.45, 7) is 0. The molecule has 2 rings (SSSR count). The normalized spacial score (nSPS) is 10.2. The van der Waals surface area contributed by atoms with Crippen LogP contribution in [0.5, 0.6) is 5.75 Å². The van der Waals surface area contributed by atoms with Gasteiger partial charge < -0.3 is 10.1 Å². The molecule has 0 radical (unpaired) electrons. The third-order valence-electron chi connectivity index (χ3n) is 2.58. The Morgan fingerprint density at radius 2 is 1.80 bits per heavy atom. The van der Waals surface area contributed by atoms with E-state index in [0.29, 0.717) is 15.9 Å². The SMILES string of the molecule is COc1ccc(Br)cc1NC(=O)c1cc(Br)ccc1F. The molecular formula is C14H10Br2FNO2. The molecule has 104 valence electrons. The summed E-state index contributed by atoms with van der Waals surface area (Å²) in [5, 5.41) is 2.63. The average molecular weight is 403 g/mol. The molecule has 0 atom stereocenters. The first-order valence-electron chi connectivity index (χ1n) is 5.61. The molecule has 2 aromatic rings. The van der Waals surface area contributed by atoms with Gasteiger partial charge >= 0.3 is 0 Å². The highest BCUT2D eigenvalue weighted by molar-refractivity contribution is 9.10. The third-order valence-corrected chi connectivity index (χ3v) is 3.57. The molecule has 0 aromatic heterocycles. The van der Waals surface area contributed by atoms with Crippen molar-refractivity contribution >= 4 is 43.5 Å². The molecular weight excluding hydrogens is 393 g/mol. The van der Waals surface area contributed by atoms with Crippen LogP contribution < -0.4 is 10.1 Å². The predicted molar refractivity (Wildman–Crippen MR) is 82.7 cm³/mol. The Morgan fingerprint density at radius 1 is 1.15 bits per heavy atom. The maximum atomic E-state index is 13.7. The highest BCUT2D eigenvalue weighted by Gasteiger charge is 2.14. The summed E-state index contributed by atoms with van der Waals surface area (Å²) in [7, 11) is 1.50. The smallest absolute Gasteiger partial charge is 0.258 e. The summed E-state index contributed by atoms with van der Waals surface area (Å²) in [6.07, 6.45) is 0. The molecule has 3 nitrogen and oxygen atoms in total. The van der Waals surface area contributed by atoms with Gasteiger partial charge in [0.2, 0.25) is 0 Å². The van der Waals surface area contributed by atoms with E-state index in [1.807, 2.05) is 0 Å². The highest BCUT2D eigenvalue weighted by Crippen LogP contribution is 2.28. The molecule has 1 N–H and O–H groups in total. The Balaban J connectivity index is 2.32. The first kappa shape index (κ1) is 15.0. The van der Waals surface area contributed by atoms with Crippen molar-refractivity contribution in [1.82, 2.24) is 0 Å². The summed E-state index contributed by atoms with van der Waals surface area (Å²) in [6, 6.07) is 9.37. The van der Waals surface area contributed by atoms with Crippen LogP contribution in [0.25, 0.3) is 0 Å². The minimum absolute atomic E-state index is 0.0404. The number of amides is 1. The van der Waals surface area contributed by atoms with Crippen LogP contribution >= 0.6 is 31.9 Å². The number of anilines is 1. The van der Waals surface area contributed by atoms with Crippen LogP contribution in [-0.4, -0.2) is 13.0 Å². The Hall–Kier alpha value is -1.40. The van der Waals surface area contributed by atoms with Crippen LogP contribution in [0.1, 0.15) is 10.4 Å². The summed E-state index contributed by atoms with van der Waals surface area (Å²) < 4.78 is 20.2. The van der Waals surface area contributed by atoms with Crippen LogP contribution in [-0.2, 0) is 0 Å². The van der Waals surface area contributed by atoms with Crippen molar-refractivity contribution in [2.45, 2.75) is 0 Å². The maximum absolute atomic E-state index is 13.7. The van der Waals surface area contributed by atoms with Crippen molar-refractivity contribution < 1.29 is 13.9 Å². The topological polar surface area (TPSA) is 38.3 Å². The Labute approximate surface area is 132 Å². The lowest BCUT2D eigenvalue weighted by molar-refractivity contribution is 0.102. The summed E-state index contributed by atoms with van der Waals surface area (Å²) in [4.78, 5) is 12.1. The fourth-order valence-corrected chi connectivity index (χ4v) is 2.36. The van der Waals surface area contributed by atoms with E-state index >= 15 is 0 Å². The van der Waals surface area contributed by atoms with Crippen molar-refractivity contribution in [2.24, 2.45) is 0 Å². The fourth-order valence-electron chi connectivity index (χ4n) is 1.64. The molecule has 0 bridgehead atoms. The molecule has 0 fully saturated rings. The molecule has 0 saturated carbocycles. The van der Waals surface area contributed by atoms with Gasteiger partial charge in [-0.3, -0.25) is 4.79 Å². The number of methoxy groups -OCH3 is 1. The van der Waals surface area contributed by atoms with E-state index in [4.69, 9.17) is 4.74 Å². The number of ether oxygens (including phenoxy) is 1. The van der Waals surface area contributed by atoms with Crippen LogP contribution in [0.4, 0.5) is 10.1 Å². The molecule has 0 saturated heterocycles. The summed E-state index contributed by atoms with van der Waals surface area (Å²) in [5.74, 6) is -0.628. The minimum Gasteiger partial charge on any atom is -0.495 e. The van der Waals surface area contributed by atoms with Gasteiger partial charge in [-0.15, -0.1) is 0 Å². The molecule has 6 heteroatoms. The first-order chi connectivity index (χ1) is 9.51. The zero-order chi connectivity index (χ0) is 14.7. The summed E-state index contributed by atoms with van der Waals surface area (Å²) >= 11 is 6.52. The van der Waals surface area contributed by atoms with Crippen LogP contribution in [0.3, 0.4) is 0 Å². The van der Waals surface area contributed by atoms with Crippen molar-refractivity contribution in [3.05, 3.63) is 56.7 Å². The van der Waals surface area contributed by atoms with Gasteiger partial charge in [-0.05, 0) is 36.4 Å². The lowest BCUT2D eigenvalue weighted by Crippen LogP contribution is -2.14. The largest absolute Gasteiger partial charge is 0.495 e. The van der Waals surface area contributed by atoms with Gasteiger partial charge in [0.25, 0.3) is 5.91 Å². The van der Waals surface area contributed by atoms with Crippen LogP contribution in [0.15, 0.2) is 45.3 Å². The monoisotopic (exact) mass is 401 g/mol. The third kappa shape index (κ3) is 3.37. The molecule has 0 spiro atoms. The second kappa shape index (κ2) is 6.37. The summed E-state index contributed by atoms with van der Waals surface area (Å²) in [5.41, 5.74) is 0.424. The predicted octanol–water partition coefficient (Wildman–Crippen LogP) is 4.61. The van der Waals surface area contributed by atoms with Gasteiger partial charge in [0.15, 0.2) is 0 Å². The molecule has 2 aromatic carbocycles. The van der Waals surface area contributed by atoms with E-state index in [0.717, 1.165) is 4.47 Å². The van der Waals surface area contributed by atoms with Gasteiger partial charge in [0.05, 0.1) is 18.4 Å². The number of benzene rings is 2. The van der Waals surface area contributed by atoms with Crippen molar-refractivity contribution in [2.75, 3.05) is 12.4 Å². The van der Waals surface area contributed by atoms with Gasteiger partial charge in [-0.1, -0.05) is 31.9 Å². The first-order valence-corrected chi connectivity index (χ1v) is 7.20. The molecule has 0 aliphatic carbocycles. The quantitative estimate of drug-likeness (QED) is 0.813. The van der Waals surface area contributed by atoms with Gasteiger partial charge in [-0.25, -0.2) is 4.39 Å². The Bertz CT molecular complexity index is 662. The van der Waals surface area contributed by atoms with Crippen molar-refractivity contribution in [3.8, 4) is 5.75 Å². The lowest BCUT2D eigenvalue weighted by Gasteiger charge is -2.11.